The fourth-order valence-electron chi connectivity index (χ4n) is 4.13. The first-order chi connectivity index (χ1) is 17.6. The summed E-state index contributed by atoms with van der Waals surface area (Å²) in [7, 11) is 0. The maximum atomic E-state index is 13.2. The van der Waals surface area contributed by atoms with E-state index in [4.69, 9.17) is 4.74 Å². The Balaban J connectivity index is 1.42. The fraction of sp³-hybridized carbons (Fsp3) is 0.308. The van der Waals surface area contributed by atoms with Gasteiger partial charge in [0.1, 0.15) is 17.6 Å². The zero-order valence-corrected chi connectivity index (χ0v) is 19.5. The van der Waals surface area contributed by atoms with E-state index in [1.165, 1.54) is 6.20 Å². The second-order valence-corrected chi connectivity index (χ2v) is 8.87. The minimum Gasteiger partial charge on any atom is -0.449 e. The van der Waals surface area contributed by atoms with E-state index in [1.807, 2.05) is 0 Å². The summed E-state index contributed by atoms with van der Waals surface area (Å²) >= 11 is 0. The quantitative estimate of drug-likeness (QED) is 0.482. The first-order valence-electron chi connectivity index (χ1n) is 11.8. The van der Waals surface area contributed by atoms with E-state index >= 15 is 0 Å². The van der Waals surface area contributed by atoms with Crippen LogP contribution in [0.4, 0.5) is 16.3 Å². The van der Waals surface area contributed by atoms with Gasteiger partial charge in [0.25, 0.3) is 5.91 Å². The number of carbonyl (C=O) groups excluding carboxylic acids is 3. The third kappa shape index (κ3) is 4.95. The number of cyclic esters (lactones) is 1. The summed E-state index contributed by atoms with van der Waals surface area (Å²) in [5.74, 6) is -0.144. The molecule has 2 aliphatic rings. The van der Waals surface area contributed by atoms with Crippen molar-refractivity contribution in [2.45, 2.75) is 38.3 Å². The lowest BCUT2D eigenvalue weighted by Crippen LogP contribution is -2.30. The molecule has 3 aromatic rings. The molecule has 5 rings (SSSR count). The number of rotatable bonds is 7. The van der Waals surface area contributed by atoms with Gasteiger partial charge in [0.2, 0.25) is 0 Å². The van der Waals surface area contributed by atoms with E-state index in [9.17, 15) is 19.6 Å². The van der Waals surface area contributed by atoms with Crippen LogP contribution in [0.3, 0.4) is 0 Å². The van der Waals surface area contributed by atoms with Crippen molar-refractivity contribution < 1.29 is 19.1 Å². The average molecular weight is 485 g/mol. The number of aldehydes is 1. The first kappa shape index (κ1) is 23.2. The molecule has 1 aliphatic heterocycles. The Morgan fingerprint density at radius 1 is 1.28 bits per heavy atom. The van der Waals surface area contributed by atoms with Crippen LogP contribution in [0.25, 0.3) is 10.9 Å². The smallest absolute Gasteiger partial charge is 0.410 e. The molecule has 0 bridgehead atoms. The summed E-state index contributed by atoms with van der Waals surface area (Å²) in [5, 5.41) is 16.1. The lowest BCUT2D eigenvalue weighted by atomic mass is 10.0. The second kappa shape index (κ2) is 10.00. The molecule has 2 fully saturated rings. The van der Waals surface area contributed by atoms with Crippen LogP contribution in [0.5, 0.6) is 0 Å². The molecule has 0 spiro atoms. The summed E-state index contributed by atoms with van der Waals surface area (Å²) in [6.45, 7) is 1.11. The number of ether oxygens (including phenoxy) is 1. The normalized spacial score (nSPS) is 15.5. The molecule has 3 heterocycles. The van der Waals surface area contributed by atoms with E-state index in [2.05, 4.69) is 26.7 Å². The lowest BCUT2D eigenvalue weighted by molar-refractivity contribution is 0.102. The number of hydrogen-bond donors (Lipinski definition) is 2. The summed E-state index contributed by atoms with van der Waals surface area (Å²) in [6.07, 6.45) is 5.32. The number of fused-ring (bicyclic) bond motifs is 1. The molecule has 1 aliphatic carbocycles. The van der Waals surface area contributed by atoms with Gasteiger partial charge in [-0.1, -0.05) is 12.1 Å². The summed E-state index contributed by atoms with van der Waals surface area (Å²) < 4.78 is 5.20. The zero-order chi connectivity index (χ0) is 25.1. The van der Waals surface area contributed by atoms with Crippen LogP contribution < -0.4 is 10.6 Å². The molecule has 10 heteroatoms. The monoisotopic (exact) mass is 484 g/mol. The molecule has 2 aromatic heterocycles. The van der Waals surface area contributed by atoms with Gasteiger partial charge in [-0.15, -0.1) is 0 Å². The minimum absolute atomic E-state index is 0.159. The predicted molar refractivity (Wildman–Crippen MR) is 132 cm³/mol. The molecule has 182 valence electrons. The van der Waals surface area contributed by atoms with Crippen molar-refractivity contribution in [1.82, 2.24) is 14.9 Å². The van der Waals surface area contributed by atoms with E-state index < -0.39 is 12.0 Å². The molecule has 0 unspecified atom stereocenters. The van der Waals surface area contributed by atoms with Crippen molar-refractivity contribution in [1.29, 1.82) is 5.26 Å². The molecule has 1 aromatic carbocycles. The van der Waals surface area contributed by atoms with Gasteiger partial charge in [-0.05, 0) is 37.8 Å². The van der Waals surface area contributed by atoms with Crippen molar-refractivity contribution in [3.63, 3.8) is 0 Å². The summed E-state index contributed by atoms with van der Waals surface area (Å²) in [4.78, 5) is 47.5. The average Bonchev–Trinajstić information content (AvgIpc) is 3.72. The van der Waals surface area contributed by atoms with Crippen LogP contribution in [0.2, 0.25) is 0 Å². The Hall–Kier alpha value is -4.52. The summed E-state index contributed by atoms with van der Waals surface area (Å²) in [6, 6.07) is 11.0. The maximum absolute atomic E-state index is 13.2. The second-order valence-electron chi connectivity index (χ2n) is 8.87. The van der Waals surface area contributed by atoms with E-state index in [-0.39, 0.29) is 17.8 Å². The van der Waals surface area contributed by atoms with E-state index in [0.29, 0.717) is 59.0 Å². The van der Waals surface area contributed by atoms with Gasteiger partial charge in [-0.2, -0.15) is 5.26 Å². The number of carbonyl (C=O) groups is 3. The number of nitrogens with one attached hydrogen (secondary N) is 2. The SMILES string of the molecule is N#Cc1cnc(NC(=O)c2cccc3cc(CN4CCCCOC4=O)c(C=O)nc23)cc1NC1CC1. The number of hydrogen-bond acceptors (Lipinski definition) is 8. The fourth-order valence-corrected chi connectivity index (χ4v) is 4.13. The Morgan fingerprint density at radius 2 is 2.14 bits per heavy atom. The number of nitrogens with zero attached hydrogens (tertiary/aromatic N) is 4. The molecule has 2 N–H and O–H groups in total. The minimum atomic E-state index is -0.441. The Morgan fingerprint density at radius 3 is 2.92 bits per heavy atom. The van der Waals surface area contributed by atoms with Gasteiger partial charge in [0.15, 0.2) is 6.29 Å². The van der Waals surface area contributed by atoms with Crippen molar-refractivity contribution in [3.8, 4) is 6.07 Å². The third-order valence-electron chi connectivity index (χ3n) is 6.18. The van der Waals surface area contributed by atoms with Crippen molar-refractivity contribution in [2.24, 2.45) is 0 Å². The highest BCUT2D eigenvalue weighted by Gasteiger charge is 2.23. The number of anilines is 2. The van der Waals surface area contributed by atoms with Crippen molar-refractivity contribution >= 4 is 40.7 Å². The van der Waals surface area contributed by atoms with Gasteiger partial charge >= 0.3 is 6.09 Å². The van der Waals surface area contributed by atoms with Gasteiger partial charge in [0.05, 0.1) is 35.5 Å². The van der Waals surface area contributed by atoms with Crippen LogP contribution in [-0.2, 0) is 11.3 Å². The lowest BCUT2D eigenvalue weighted by Gasteiger charge is -2.20. The summed E-state index contributed by atoms with van der Waals surface area (Å²) in [5.41, 5.74) is 2.42. The molecule has 36 heavy (non-hydrogen) atoms. The number of pyridine rings is 2. The van der Waals surface area contributed by atoms with Crippen LogP contribution in [0.15, 0.2) is 36.5 Å². The molecule has 1 saturated carbocycles. The van der Waals surface area contributed by atoms with Crippen molar-refractivity contribution in [2.75, 3.05) is 23.8 Å². The van der Waals surface area contributed by atoms with E-state index in [1.54, 1.807) is 35.2 Å². The molecule has 1 saturated heterocycles. The number of para-hydroxylation sites is 1. The van der Waals surface area contributed by atoms with Gasteiger partial charge in [-0.25, -0.2) is 14.8 Å². The number of benzene rings is 1. The molecule has 0 atom stereocenters. The van der Waals surface area contributed by atoms with Crippen molar-refractivity contribution in [3.05, 3.63) is 58.9 Å². The number of nitriles is 1. The van der Waals surface area contributed by atoms with Gasteiger partial charge in [0, 0.05) is 35.8 Å². The standard InChI is InChI=1S/C26H24N6O4/c27-12-18-13-28-23(11-21(18)29-19-6-7-19)31-25(34)20-5-3-4-16-10-17(22(15-33)30-24(16)20)14-32-8-1-2-9-36-26(32)35/h3-5,10-11,13,15,19H,1-2,6-9,14H2,(H2,28,29,31,34). The molecular weight excluding hydrogens is 460 g/mol. The highest BCUT2D eigenvalue weighted by Crippen LogP contribution is 2.28. The van der Waals surface area contributed by atoms with E-state index in [0.717, 1.165) is 25.7 Å². The highest BCUT2D eigenvalue weighted by atomic mass is 16.6. The zero-order valence-electron chi connectivity index (χ0n) is 19.5. The Kier molecular flexibility index (Phi) is 6.45. The third-order valence-corrected chi connectivity index (χ3v) is 6.18. The van der Waals surface area contributed by atoms with Crippen LogP contribution >= 0.6 is 0 Å². The molecular formula is C26H24N6O4. The van der Waals surface area contributed by atoms with Crippen LogP contribution in [-0.4, -0.2) is 52.3 Å². The topological polar surface area (TPSA) is 137 Å². The highest BCUT2D eigenvalue weighted by molar-refractivity contribution is 6.12. The van der Waals surface area contributed by atoms with Crippen LogP contribution in [0.1, 0.15) is 57.7 Å². The molecule has 10 nitrogen and oxygen atoms in total. The maximum Gasteiger partial charge on any atom is 0.410 e. The van der Waals surface area contributed by atoms with Gasteiger partial charge < -0.3 is 20.3 Å². The molecule has 2 amide bonds. The van der Waals surface area contributed by atoms with Crippen LogP contribution in [0, 0.1) is 11.3 Å². The number of aromatic nitrogens is 2. The first-order valence-corrected chi connectivity index (χ1v) is 11.8. The number of amides is 2. The van der Waals surface area contributed by atoms with Gasteiger partial charge in [-0.3, -0.25) is 9.59 Å². The largest absolute Gasteiger partial charge is 0.449 e. The predicted octanol–water partition coefficient (Wildman–Crippen LogP) is 3.87. The Bertz CT molecular complexity index is 1400. The molecule has 0 radical (unpaired) electrons. The Labute approximate surface area is 207 Å².